The zero-order chi connectivity index (χ0) is 34.7. The van der Waals surface area contributed by atoms with Gasteiger partial charge in [0.2, 0.25) is 5.69 Å². The fourth-order valence-electron chi connectivity index (χ4n) is 9.17. The third-order valence-electron chi connectivity index (χ3n) is 12.1. The number of nitrogens with zero attached hydrogens (tertiary/aromatic N) is 5. The van der Waals surface area contributed by atoms with Crippen molar-refractivity contribution in [2.75, 3.05) is 0 Å². The van der Waals surface area contributed by atoms with Gasteiger partial charge in [-0.3, -0.25) is 0 Å². The molecule has 1 atom stereocenters. The Morgan fingerprint density at radius 3 is 2.08 bits per heavy atom. The molecule has 0 N–H and O–H groups in total. The molecule has 0 fully saturated rings. The Hall–Kier alpha value is -5.81. The van der Waals surface area contributed by atoms with Crippen molar-refractivity contribution in [3.63, 3.8) is 0 Å². The van der Waals surface area contributed by atoms with Crippen molar-refractivity contribution in [1.29, 1.82) is 0 Å². The Kier molecular flexibility index (Phi) is 7.28. The van der Waals surface area contributed by atoms with Crippen molar-refractivity contribution in [3.8, 4) is 45.0 Å². The fourth-order valence-corrected chi connectivity index (χ4v) is 9.17. The Morgan fingerprint density at radius 1 is 0.608 bits per heavy atom. The fraction of sp³-hybridized carbons (Fsp3) is 0.196. The van der Waals surface area contributed by atoms with Gasteiger partial charge in [-0.05, 0) is 72.5 Å². The van der Waals surface area contributed by atoms with Gasteiger partial charge in [-0.1, -0.05) is 105 Å². The molecule has 0 saturated heterocycles. The van der Waals surface area contributed by atoms with Crippen LogP contribution in [0.3, 0.4) is 0 Å². The number of benzene rings is 5. The molecule has 1 unspecified atom stereocenters. The second-order valence-electron chi connectivity index (χ2n) is 14.2. The van der Waals surface area contributed by atoms with Gasteiger partial charge in [0.15, 0.2) is 11.7 Å². The molecule has 51 heavy (non-hydrogen) atoms. The van der Waals surface area contributed by atoms with Crippen LogP contribution in [0.1, 0.15) is 52.5 Å². The Labute approximate surface area is 299 Å². The maximum absolute atomic E-state index is 4.72. The van der Waals surface area contributed by atoms with Crippen LogP contribution in [0, 0.1) is 0 Å². The summed E-state index contributed by atoms with van der Waals surface area (Å²) in [5.74, 6) is 0. The van der Waals surface area contributed by atoms with Crippen molar-refractivity contribution in [3.05, 3.63) is 151 Å². The summed E-state index contributed by atoms with van der Waals surface area (Å²) in [7, 11) is 0. The number of fused-ring (bicyclic) bond motifs is 6. The number of pyridine rings is 1. The highest BCUT2D eigenvalue weighted by Crippen LogP contribution is 2.51. The van der Waals surface area contributed by atoms with Gasteiger partial charge in [0.05, 0.1) is 33.9 Å². The molecular weight excluding hydrogens is 623 g/mol. The van der Waals surface area contributed by atoms with Crippen molar-refractivity contribution in [2.24, 2.45) is 0 Å². The Balaban J connectivity index is 1.13. The average molecular weight is 665 g/mol. The van der Waals surface area contributed by atoms with Gasteiger partial charge < -0.3 is 4.57 Å². The first-order valence-corrected chi connectivity index (χ1v) is 18.3. The summed E-state index contributed by atoms with van der Waals surface area (Å²) in [5.41, 5.74) is 12.7. The molecule has 5 aromatic carbocycles. The lowest BCUT2D eigenvalue weighted by atomic mass is 9.59. The Bertz CT molecular complexity index is 2550. The molecule has 0 amide bonds. The summed E-state index contributed by atoms with van der Waals surface area (Å²) in [6.45, 7) is 9.49. The molecule has 1 aliphatic heterocycles. The van der Waals surface area contributed by atoms with Crippen LogP contribution in [0.4, 0.5) is 0 Å². The molecule has 0 saturated carbocycles. The Morgan fingerprint density at radius 2 is 1.29 bits per heavy atom. The predicted molar refractivity (Wildman–Crippen MR) is 208 cm³/mol. The molecule has 0 radical (unpaired) electrons. The standard InChI is InChI=1S/C46H42N5/c1-5-45(4)40-27-25-36(30-39(40)42-18-13-14-28-49(42)46(45,6-2)7-3)50-31-41(47-48-50)34-22-26-38-37-17-11-12-19-43(37)51(44(38)29-34)35-23-20-33(21-24-35)32-15-9-8-10-16-32/h8-31H,5-7H2,1-4H3/q+1. The van der Waals surface area contributed by atoms with E-state index >= 15 is 0 Å². The summed E-state index contributed by atoms with van der Waals surface area (Å²) in [6.07, 6.45) is 7.56. The van der Waals surface area contributed by atoms with Crippen molar-refractivity contribution in [1.82, 2.24) is 19.6 Å². The molecule has 5 heteroatoms. The van der Waals surface area contributed by atoms with Gasteiger partial charge in [0, 0.05) is 47.0 Å². The van der Waals surface area contributed by atoms with E-state index in [9.17, 15) is 0 Å². The minimum Gasteiger partial charge on any atom is -0.309 e. The van der Waals surface area contributed by atoms with Gasteiger partial charge in [-0.25, -0.2) is 4.68 Å². The second-order valence-corrected chi connectivity index (χ2v) is 14.2. The van der Waals surface area contributed by atoms with E-state index in [4.69, 9.17) is 5.10 Å². The highest BCUT2D eigenvalue weighted by atomic mass is 15.4. The third-order valence-corrected chi connectivity index (χ3v) is 12.1. The first-order valence-electron chi connectivity index (χ1n) is 18.3. The van der Waals surface area contributed by atoms with E-state index in [0.29, 0.717) is 0 Å². The highest BCUT2D eigenvalue weighted by molar-refractivity contribution is 6.10. The predicted octanol–water partition coefficient (Wildman–Crippen LogP) is 10.8. The molecule has 0 spiro atoms. The summed E-state index contributed by atoms with van der Waals surface area (Å²) in [4.78, 5) is 0. The molecule has 8 aromatic rings. The third kappa shape index (κ3) is 4.57. The van der Waals surface area contributed by atoms with Crippen LogP contribution in [0.25, 0.3) is 66.8 Å². The lowest BCUT2D eigenvalue weighted by molar-refractivity contribution is -0.769. The van der Waals surface area contributed by atoms with Gasteiger partial charge in [-0.15, -0.1) is 5.10 Å². The SMILES string of the molecule is CCC1(C)c2ccc(-n3cc(-c4ccc5c6ccccc6n(-c6ccc(-c7ccccc7)cc6)c5c4)nn3)cc2-c2cccc[n+]2C1(CC)CC. The molecule has 1 aliphatic rings. The lowest BCUT2D eigenvalue weighted by Crippen LogP contribution is -2.68. The summed E-state index contributed by atoms with van der Waals surface area (Å²) < 4.78 is 6.85. The van der Waals surface area contributed by atoms with Crippen molar-refractivity contribution < 1.29 is 4.57 Å². The summed E-state index contributed by atoms with van der Waals surface area (Å²) in [5, 5.41) is 11.8. The summed E-state index contributed by atoms with van der Waals surface area (Å²) in [6, 6.07) is 48.2. The van der Waals surface area contributed by atoms with Gasteiger partial charge in [-0.2, -0.15) is 4.57 Å². The zero-order valence-electron chi connectivity index (χ0n) is 29.7. The van der Waals surface area contributed by atoms with E-state index in [2.05, 4.69) is 188 Å². The normalized spacial score (nSPS) is 16.3. The average Bonchev–Trinajstić information content (AvgIpc) is 3.82. The van der Waals surface area contributed by atoms with Crippen molar-refractivity contribution >= 4 is 21.8 Å². The molecular formula is C46H42N5+. The van der Waals surface area contributed by atoms with Crippen LogP contribution in [-0.4, -0.2) is 19.6 Å². The molecule has 5 nitrogen and oxygen atoms in total. The van der Waals surface area contributed by atoms with Gasteiger partial charge >= 0.3 is 0 Å². The van der Waals surface area contributed by atoms with E-state index in [-0.39, 0.29) is 11.0 Å². The maximum atomic E-state index is 4.72. The van der Waals surface area contributed by atoms with E-state index in [1.54, 1.807) is 0 Å². The minimum absolute atomic E-state index is 0.00730. The number of aromatic nitrogens is 5. The second kappa shape index (κ2) is 11.9. The first kappa shape index (κ1) is 31.2. The van der Waals surface area contributed by atoms with Gasteiger partial charge in [0.25, 0.3) is 0 Å². The molecule has 3 aromatic heterocycles. The molecule has 4 heterocycles. The monoisotopic (exact) mass is 664 g/mol. The maximum Gasteiger partial charge on any atom is 0.213 e. The van der Waals surface area contributed by atoms with E-state index in [1.165, 1.54) is 44.2 Å². The molecule has 0 bridgehead atoms. The van der Waals surface area contributed by atoms with Gasteiger partial charge in [0.1, 0.15) is 5.69 Å². The van der Waals surface area contributed by atoms with Crippen LogP contribution < -0.4 is 4.57 Å². The first-order chi connectivity index (χ1) is 25.0. The number of rotatable bonds is 7. The number of hydrogen-bond acceptors (Lipinski definition) is 2. The molecule has 250 valence electrons. The van der Waals surface area contributed by atoms with Crippen LogP contribution in [-0.2, 0) is 11.0 Å². The van der Waals surface area contributed by atoms with Crippen LogP contribution in [0.15, 0.2) is 146 Å². The van der Waals surface area contributed by atoms with E-state index in [1.807, 2.05) is 4.68 Å². The van der Waals surface area contributed by atoms with E-state index < -0.39 is 0 Å². The highest BCUT2D eigenvalue weighted by Gasteiger charge is 2.58. The van der Waals surface area contributed by atoms with Crippen molar-refractivity contribution in [2.45, 2.75) is 57.9 Å². The van der Waals surface area contributed by atoms with Crippen LogP contribution >= 0.6 is 0 Å². The molecule has 0 aliphatic carbocycles. The van der Waals surface area contributed by atoms with Crippen LogP contribution in [0.5, 0.6) is 0 Å². The smallest absolute Gasteiger partial charge is 0.213 e. The van der Waals surface area contributed by atoms with Crippen LogP contribution in [0.2, 0.25) is 0 Å². The molecule has 9 rings (SSSR count). The zero-order valence-corrected chi connectivity index (χ0v) is 29.7. The topological polar surface area (TPSA) is 39.5 Å². The quantitative estimate of drug-likeness (QED) is 0.159. The number of hydrogen-bond donors (Lipinski definition) is 0. The largest absolute Gasteiger partial charge is 0.309 e. The minimum atomic E-state index is -0.00730. The number of para-hydroxylation sites is 1. The summed E-state index contributed by atoms with van der Waals surface area (Å²) >= 11 is 0. The lowest BCUT2D eigenvalue weighted by Gasteiger charge is -2.47. The van der Waals surface area contributed by atoms with E-state index in [0.717, 1.165) is 47.4 Å².